The standard InChI is InChI=1S/C19H17N5O3/c1-11(12-6-5-7-13(10-12)27-2)20-18(25)16-17-19(26)21-14-8-3-4-9-15(14)24(17)23-22-16/h3-11H,1-2H3,(H,20,25)(H,21,26). The Kier molecular flexibility index (Phi) is 4.08. The molecule has 0 aliphatic carbocycles. The number of benzene rings is 2. The highest BCUT2D eigenvalue weighted by Gasteiger charge is 2.21. The van der Waals surface area contributed by atoms with E-state index in [0.29, 0.717) is 16.8 Å². The van der Waals surface area contributed by atoms with Crippen molar-refractivity contribution in [2.45, 2.75) is 13.0 Å². The van der Waals surface area contributed by atoms with E-state index in [1.54, 1.807) is 19.2 Å². The normalized spacial score (nSPS) is 12.2. The minimum absolute atomic E-state index is 0.0169. The van der Waals surface area contributed by atoms with Crippen LogP contribution in [0.25, 0.3) is 16.6 Å². The van der Waals surface area contributed by atoms with Crippen molar-refractivity contribution in [3.63, 3.8) is 0 Å². The molecule has 4 rings (SSSR count). The van der Waals surface area contributed by atoms with Crippen LogP contribution in [0.1, 0.15) is 29.0 Å². The molecule has 1 atom stereocenters. The van der Waals surface area contributed by atoms with Gasteiger partial charge in [0, 0.05) is 0 Å². The predicted molar refractivity (Wildman–Crippen MR) is 100.0 cm³/mol. The molecule has 136 valence electrons. The molecule has 1 amide bonds. The van der Waals surface area contributed by atoms with Gasteiger partial charge in [-0.2, -0.15) is 0 Å². The highest BCUT2D eigenvalue weighted by atomic mass is 16.5. The first-order valence-electron chi connectivity index (χ1n) is 8.39. The maximum atomic E-state index is 12.7. The summed E-state index contributed by atoms with van der Waals surface area (Å²) in [7, 11) is 1.59. The van der Waals surface area contributed by atoms with Gasteiger partial charge in [-0.1, -0.05) is 29.5 Å². The lowest BCUT2D eigenvalue weighted by atomic mass is 10.1. The Hall–Kier alpha value is -3.68. The Bertz CT molecular complexity index is 1210. The number of fused-ring (bicyclic) bond motifs is 3. The second-order valence-electron chi connectivity index (χ2n) is 6.14. The largest absolute Gasteiger partial charge is 0.497 e. The number of nitrogens with one attached hydrogen (secondary N) is 2. The summed E-state index contributed by atoms with van der Waals surface area (Å²) in [4.78, 5) is 28.0. The third-order valence-electron chi connectivity index (χ3n) is 4.42. The third-order valence-corrected chi connectivity index (χ3v) is 4.42. The van der Waals surface area contributed by atoms with Crippen molar-refractivity contribution in [1.29, 1.82) is 0 Å². The Balaban J connectivity index is 1.71. The topological polar surface area (TPSA) is 101 Å². The zero-order valence-corrected chi connectivity index (χ0v) is 14.8. The van der Waals surface area contributed by atoms with E-state index in [0.717, 1.165) is 5.56 Å². The van der Waals surface area contributed by atoms with Crippen LogP contribution in [0.2, 0.25) is 0 Å². The second kappa shape index (κ2) is 6.56. The average Bonchev–Trinajstić information content (AvgIpc) is 3.14. The first-order chi connectivity index (χ1) is 13.1. The number of hydrogen-bond acceptors (Lipinski definition) is 5. The number of amides is 1. The molecule has 0 radical (unpaired) electrons. The number of carbonyl (C=O) groups is 1. The van der Waals surface area contributed by atoms with E-state index >= 15 is 0 Å². The monoisotopic (exact) mass is 363 g/mol. The molecule has 2 aromatic carbocycles. The second-order valence-corrected chi connectivity index (χ2v) is 6.14. The SMILES string of the molecule is COc1cccc(C(C)NC(=O)c2nnn3c2c(=O)[nH]c2ccccc23)c1. The van der Waals surface area contributed by atoms with Gasteiger partial charge in [-0.15, -0.1) is 5.10 Å². The number of nitrogens with zero attached hydrogens (tertiary/aromatic N) is 3. The lowest BCUT2D eigenvalue weighted by Gasteiger charge is -2.14. The number of carbonyl (C=O) groups excluding carboxylic acids is 1. The number of H-pyrrole nitrogens is 1. The first-order valence-corrected chi connectivity index (χ1v) is 8.39. The number of hydrogen-bond donors (Lipinski definition) is 2. The molecule has 27 heavy (non-hydrogen) atoms. The van der Waals surface area contributed by atoms with E-state index in [2.05, 4.69) is 20.6 Å². The van der Waals surface area contributed by atoms with Crippen LogP contribution >= 0.6 is 0 Å². The summed E-state index contributed by atoms with van der Waals surface area (Å²) >= 11 is 0. The third kappa shape index (κ3) is 2.91. The summed E-state index contributed by atoms with van der Waals surface area (Å²) in [6.07, 6.45) is 0. The summed E-state index contributed by atoms with van der Waals surface area (Å²) in [5, 5.41) is 10.8. The van der Waals surface area contributed by atoms with Gasteiger partial charge in [0.25, 0.3) is 11.5 Å². The van der Waals surface area contributed by atoms with E-state index in [-0.39, 0.29) is 17.3 Å². The molecule has 8 nitrogen and oxygen atoms in total. The molecule has 2 aromatic heterocycles. The summed E-state index contributed by atoms with van der Waals surface area (Å²) in [6.45, 7) is 1.85. The molecule has 0 aliphatic rings. The van der Waals surface area contributed by atoms with Gasteiger partial charge < -0.3 is 15.0 Å². The minimum Gasteiger partial charge on any atom is -0.497 e. The lowest BCUT2D eigenvalue weighted by Crippen LogP contribution is -2.28. The van der Waals surface area contributed by atoms with E-state index in [4.69, 9.17) is 4.74 Å². The van der Waals surface area contributed by atoms with Gasteiger partial charge in [0.05, 0.1) is 24.2 Å². The lowest BCUT2D eigenvalue weighted by molar-refractivity contribution is 0.0936. The molecule has 0 fully saturated rings. The van der Waals surface area contributed by atoms with Crippen molar-refractivity contribution in [2.75, 3.05) is 7.11 Å². The molecular formula is C19H17N5O3. The van der Waals surface area contributed by atoms with Crippen molar-refractivity contribution in [1.82, 2.24) is 25.1 Å². The highest BCUT2D eigenvalue weighted by Crippen LogP contribution is 2.19. The van der Waals surface area contributed by atoms with Crippen LogP contribution in [0.15, 0.2) is 53.3 Å². The number of ether oxygens (including phenoxy) is 1. The molecule has 0 bridgehead atoms. The number of rotatable bonds is 4. The van der Waals surface area contributed by atoms with Crippen molar-refractivity contribution < 1.29 is 9.53 Å². The summed E-state index contributed by atoms with van der Waals surface area (Å²) in [6, 6.07) is 14.3. The van der Waals surface area contributed by atoms with Crippen LogP contribution in [0.5, 0.6) is 5.75 Å². The number of aromatic nitrogens is 4. The van der Waals surface area contributed by atoms with Gasteiger partial charge in [0.15, 0.2) is 11.2 Å². The summed E-state index contributed by atoms with van der Waals surface area (Å²) in [5.74, 6) is 0.228. The molecule has 0 saturated carbocycles. The van der Waals surface area contributed by atoms with Crippen molar-refractivity contribution >= 4 is 22.5 Å². The number of aromatic amines is 1. The van der Waals surface area contributed by atoms with Crippen molar-refractivity contribution in [2.24, 2.45) is 0 Å². The molecule has 8 heteroatoms. The molecule has 1 unspecified atom stereocenters. The van der Waals surface area contributed by atoms with Crippen molar-refractivity contribution in [3.05, 3.63) is 70.1 Å². The number of para-hydroxylation sites is 2. The van der Waals surface area contributed by atoms with Gasteiger partial charge in [-0.05, 0) is 36.8 Å². The number of methoxy groups -OCH3 is 1. The molecule has 4 aromatic rings. The first kappa shape index (κ1) is 16.8. The maximum Gasteiger partial charge on any atom is 0.277 e. The quantitative estimate of drug-likeness (QED) is 0.578. The fraction of sp³-hybridized carbons (Fsp3) is 0.158. The van der Waals surface area contributed by atoms with Crippen LogP contribution in [0, 0.1) is 0 Å². The maximum absolute atomic E-state index is 12.7. The van der Waals surface area contributed by atoms with Gasteiger partial charge in [0.2, 0.25) is 0 Å². The van der Waals surface area contributed by atoms with Crippen molar-refractivity contribution in [3.8, 4) is 5.75 Å². The van der Waals surface area contributed by atoms with Gasteiger partial charge in [-0.3, -0.25) is 9.59 Å². The van der Waals surface area contributed by atoms with E-state index in [1.807, 2.05) is 43.3 Å². The molecule has 0 aliphatic heterocycles. The minimum atomic E-state index is -0.471. The Morgan fingerprint density at radius 3 is 2.85 bits per heavy atom. The Labute approximate surface area is 153 Å². The zero-order valence-electron chi connectivity index (χ0n) is 14.8. The fourth-order valence-electron chi connectivity index (χ4n) is 3.01. The highest BCUT2D eigenvalue weighted by molar-refractivity contribution is 5.99. The van der Waals surface area contributed by atoms with Gasteiger partial charge in [-0.25, -0.2) is 4.52 Å². The predicted octanol–water partition coefficient (Wildman–Crippen LogP) is 2.07. The summed E-state index contributed by atoms with van der Waals surface area (Å²) < 4.78 is 6.60. The van der Waals surface area contributed by atoms with Crippen LogP contribution in [0.3, 0.4) is 0 Å². The molecule has 2 N–H and O–H groups in total. The average molecular weight is 363 g/mol. The Morgan fingerprint density at radius 2 is 2.04 bits per heavy atom. The molecular weight excluding hydrogens is 346 g/mol. The van der Waals surface area contributed by atoms with E-state index in [9.17, 15) is 9.59 Å². The van der Waals surface area contributed by atoms with E-state index in [1.165, 1.54) is 4.52 Å². The molecule has 0 spiro atoms. The fourth-order valence-corrected chi connectivity index (χ4v) is 3.01. The molecule has 2 heterocycles. The van der Waals surface area contributed by atoms with Gasteiger partial charge in [0.1, 0.15) is 5.75 Å². The van der Waals surface area contributed by atoms with Crippen LogP contribution in [-0.2, 0) is 0 Å². The van der Waals surface area contributed by atoms with Crippen LogP contribution in [-0.4, -0.2) is 32.8 Å². The van der Waals surface area contributed by atoms with Gasteiger partial charge >= 0.3 is 0 Å². The zero-order chi connectivity index (χ0) is 19.0. The van der Waals surface area contributed by atoms with Crippen LogP contribution < -0.4 is 15.6 Å². The summed E-state index contributed by atoms with van der Waals surface area (Å²) in [5.41, 5.74) is 1.84. The van der Waals surface area contributed by atoms with Crippen LogP contribution in [0.4, 0.5) is 0 Å². The Morgan fingerprint density at radius 1 is 1.22 bits per heavy atom. The van der Waals surface area contributed by atoms with E-state index < -0.39 is 11.5 Å². The molecule has 0 saturated heterocycles. The smallest absolute Gasteiger partial charge is 0.277 e.